The van der Waals surface area contributed by atoms with Gasteiger partial charge in [-0.1, -0.05) is 25.2 Å². The lowest BCUT2D eigenvalue weighted by atomic mass is 9.78. The molecular weight excluding hydrogens is 287 g/mol. The molecule has 0 amide bonds. The van der Waals surface area contributed by atoms with Crippen LogP contribution in [0.3, 0.4) is 0 Å². The molecular formula is C16H17FN2OS. The van der Waals surface area contributed by atoms with E-state index in [9.17, 15) is 9.18 Å². The van der Waals surface area contributed by atoms with Crippen molar-refractivity contribution in [3.8, 4) is 0 Å². The largest absolute Gasteiger partial charge is 0.321 e. The fourth-order valence-electron chi connectivity index (χ4n) is 2.63. The molecule has 0 fully saturated rings. The van der Waals surface area contributed by atoms with Crippen molar-refractivity contribution in [3.05, 3.63) is 40.7 Å². The van der Waals surface area contributed by atoms with Crippen LogP contribution in [0.15, 0.2) is 24.3 Å². The van der Waals surface area contributed by atoms with E-state index < -0.39 is 0 Å². The molecule has 0 saturated heterocycles. The Hall–Kier alpha value is -1.75. The van der Waals surface area contributed by atoms with Crippen LogP contribution in [0.4, 0.5) is 15.2 Å². The monoisotopic (exact) mass is 304 g/mol. The van der Waals surface area contributed by atoms with Gasteiger partial charge in [-0.2, -0.15) is 0 Å². The number of hydrogen-bond donors (Lipinski definition) is 0. The number of nitrogens with zero attached hydrogens (tertiary/aromatic N) is 2. The summed E-state index contributed by atoms with van der Waals surface area (Å²) in [6, 6.07) is 6.27. The number of hydrogen-bond acceptors (Lipinski definition) is 4. The molecule has 2 aromatic rings. The van der Waals surface area contributed by atoms with E-state index in [1.807, 2.05) is 11.9 Å². The maximum absolute atomic E-state index is 13.0. The molecule has 1 aromatic heterocycles. The van der Waals surface area contributed by atoms with Crippen LogP contribution in [0, 0.1) is 11.2 Å². The summed E-state index contributed by atoms with van der Waals surface area (Å²) in [6.45, 7) is 4.19. The van der Waals surface area contributed by atoms with Crippen LogP contribution in [-0.4, -0.2) is 17.8 Å². The third-order valence-electron chi connectivity index (χ3n) is 3.73. The predicted molar refractivity (Wildman–Crippen MR) is 83.0 cm³/mol. The van der Waals surface area contributed by atoms with E-state index in [1.165, 1.54) is 23.5 Å². The predicted octanol–water partition coefficient (Wildman–Crippen LogP) is 4.21. The molecule has 1 heterocycles. The van der Waals surface area contributed by atoms with E-state index in [-0.39, 0.29) is 17.0 Å². The fourth-order valence-corrected chi connectivity index (χ4v) is 3.63. The number of Topliss-reactive ketones (excluding diaryl/α,β-unsaturated/α-hetero) is 1. The van der Waals surface area contributed by atoms with Crippen LogP contribution < -0.4 is 4.90 Å². The van der Waals surface area contributed by atoms with Gasteiger partial charge in [0.05, 0.1) is 10.6 Å². The summed E-state index contributed by atoms with van der Waals surface area (Å²) < 4.78 is 13.0. The molecule has 1 aromatic carbocycles. The van der Waals surface area contributed by atoms with Crippen molar-refractivity contribution < 1.29 is 9.18 Å². The van der Waals surface area contributed by atoms with Gasteiger partial charge in [0.15, 0.2) is 10.9 Å². The van der Waals surface area contributed by atoms with Crippen molar-refractivity contribution in [3.63, 3.8) is 0 Å². The van der Waals surface area contributed by atoms with Crippen LogP contribution in [0.5, 0.6) is 0 Å². The van der Waals surface area contributed by atoms with Crippen molar-refractivity contribution in [1.29, 1.82) is 0 Å². The van der Waals surface area contributed by atoms with Gasteiger partial charge in [-0.05, 0) is 36.1 Å². The molecule has 0 radical (unpaired) electrons. The second-order valence-corrected chi connectivity index (χ2v) is 7.23. The maximum atomic E-state index is 13.0. The Morgan fingerprint density at radius 2 is 1.90 bits per heavy atom. The van der Waals surface area contributed by atoms with Crippen LogP contribution in [0.25, 0.3) is 0 Å². The summed E-state index contributed by atoms with van der Waals surface area (Å²) in [6.07, 6.45) is 1.39. The van der Waals surface area contributed by atoms with E-state index in [4.69, 9.17) is 0 Å². The Morgan fingerprint density at radius 3 is 2.57 bits per heavy atom. The number of fused-ring (bicyclic) bond motifs is 1. The summed E-state index contributed by atoms with van der Waals surface area (Å²) in [5.41, 5.74) is 1.73. The highest BCUT2D eigenvalue weighted by Crippen LogP contribution is 2.40. The molecule has 21 heavy (non-hydrogen) atoms. The van der Waals surface area contributed by atoms with Crippen LogP contribution in [0.2, 0.25) is 0 Å². The molecule has 0 atom stereocenters. The van der Waals surface area contributed by atoms with E-state index in [0.29, 0.717) is 6.42 Å². The molecule has 0 N–H and O–H groups in total. The average Bonchev–Trinajstić information content (AvgIpc) is 2.81. The zero-order valence-electron chi connectivity index (χ0n) is 12.3. The smallest absolute Gasteiger partial charge is 0.190 e. The van der Waals surface area contributed by atoms with Gasteiger partial charge in [-0.15, -0.1) is 0 Å². The number of halogens is 1. The van der Waals surface area contributed by atoms with Gasteiger partial charge in [-0.3, -0.25) is 4.79 Å². The normalized spacial score (nSPS) is 16.7. The Bertz CT molecular complexity index is 691. The van der Waals surface area contributed by atoms with Gasteiger partial charge in [0.1, 0.15) is 5.82 Å². The van der Waals surface area contributed by atoms with Gasteiger partial charge in [0.25, 0.3) is 0 Å². The molecule has 3 nitrogen and oxygen atoms in total. The van der Waals surface area contributed by atoms with Crippen molar-refractivity contribution in [2.24, 2.45) is 5.41 Å². The van der Waals surface area contributed by atoms with E-state index in [2.05, 4.69) is 18.8 Å². The lowest BCUT2D eigenvalue weighted by Crippen LogP contribution is -2.26. The summed E-state index contributed by atoms with van der Waals surface area (Å²) in [4.78, 5) is 19.5. The van der Waals surface area contributed by atoms with Crippen LogP contribution in [0.1, 0.15) is 35.6 Å². The first-order valence-corrected chi connectivity index (χ1v) is 7.70. The number of aromatic nitrogens is 1. The van der Waals surface area contributed by atoms with Crippen LogP contribution in [-0.2, 0) is 6.42 Å². The molecule has 0 spiro atoms. The highest BCUT2D eigenvalue weighted by Gasteiger charge is 2.34. The summed E-state index contributed by atoms with van der Waals surface area (Å²) in [5.74, 6) is -0.0833. The number of ketones is 1. The number of anilines is 2. The zero-order valence-corrected chi connectivity index (χ0v) is 13.1. The number of carbonyl (C=O) groups is 1. The topological polar surface area (TPSA) is 33.2 Å². The Balaban J connectivity index is 1.94. The summed E-state index contributed by atoms with van der Waals surface area (Å²) in [5, 5.41) is 0.776. The maximum Gasteiger partial charge on any atom is 0.190 e. The first kappa shape index (κ1) is 14.2. The Labute approximate surface area is 127 Å². The van der Waals surface area contributed by atoms with Crippen LogP contribution >= 0.6 is 11.3 Å². The Kier molecular flexibility index (Phi) is 3.32. The molecule has 1 aliphatic rings. The minimum Gasteiger partial charge on any atom is -0.321 e. The Morgan fingerprint density at radius 1 is 1.24 bits per heavy atom. The SMILES string of the molecule is CN(c1ccc(F)cc1)c1nc2c(s1)C(=O)CC(C)(C)C2. The molecule has 1 aliphatic carbocycles. The van der Waals surface area contributed by atoms with E-state index in [0.717, 1.165) is 27.8 Å². The second kappa shape index (κ2) is 4.91. The van der Waals surface area contributed by atoms with Crippen molar-refractivity contribution in [1.82, 2.24) is 4.98 Å². The quantitative estimate of drug-likeness (QED) is 0.833. The molecule has 0 unspecified atom stereocenters. The number of benzene rings is 1. The second-order valence-electron chi connectivity index (χ2n) is 6.25. The first-order valence-electron chi connectivity index (χ1n) is 6.88. The number of thiazole rings is 1. The summed E-state index contributed by atoms with van der Waals surface area (Å²) >= 11 is 1.42. The third kappa shape index (κ3) is 2.70. The fraction of sp³-hybridized carbons (Fsp3) is 0.375. The van der Waals surface area contributed by atoms with Crippen molar-refractivity contribution >= 4 is 27.9 Å². The van der Waals surface area contributed by atoms with Gasteiger partial charge in [-0.25, -0.2) is 9.37 Å². The minimum atomic E-state index is -0.262. The lowest BCUT2D eigenvalue weighted by molar-refractivity contribution is 0.0916. The molecule has 0 saturated carbocycles. The highest BCUT2D eigenvalue weighted by atomic mass is 32.1. The number of carbonyl (C=O) groups excluding carboxylic acids is 1. The average molecular weight is 304 g/mol. The summed E-state index contributed by atoms with van der Waals surface area (Å²) in [7, 11) is 1.88. The number of rotatable bonds is 2. The van der Waals surface area contributed by atoms with Gasteiger partial charge >= 0.3 is 0 Å². The van der Waals surface area contributed by atoms with Crippen molar-refractivity contribution in [2.45, 2.75) is 26.7 Å². The third-order valence-corrected chi connectivity index (χ3v) is 4.94. The molecule has 3 rings (SSSR count). The van der Waals surface area contributed by atoms with E-state index >= 15 is 0 Å². The highest BCUT2D eigenvalue weighted by molar-refractivity contribution is 7.17. The molecule has 0 bridgehead atoms. The van der Waals surface area contributed by atoms with Crippen molar-refractivity contribution in [2.75, 3.05) is 11.9 Å². The molecule has 5 heteroatoms. The molecule has 110 valence electrons. The molecule has 0 aliphatic heterocycles. The van der Waals surface area contributed by atoms with Gasteiger partial charge < -0.3 is 4.90 Å². The van der Waals surface area contributed by atoms with Gasteiger partial charge in [0, 0.05) is 19.2 Å². The minimum absolute atomic E-state index is 0.0239. The van der Waals surface area contributed by atoms with Gasteiger partial charge in [0.2, 0.25) is 0 Å². The van der Waals surface area contributed by atoms with E-state index in [1.54, 1.807) is 12.1 Å². The standard InChI is InChI=1S/C16H17FN2OS/c1-16(2)8-12-14(13(20)9-16)21-15(18-12)19(3)11-6-4-10(17)5-7-11/h4-7H,8-9H2,1-3H3. The zero-order chi connectivity index (χ0) is 15.2. The first-order chi connectivity index (χ1) is 9.85. The lowest BCUT2D eigenvalue weighted by Gasteiger charge is -2.26.